The Bertz CT molecular complexity index is 1380. The molecule has 166 valence electrons. The molecule has 1 aliphatic rings. The van der Waals surface area contributed by atoms with Crippen molar-refractivity contribution in [3.8, 4) is 11.1 Å². The minimum Gasteiger partial charge on any atom is -0.312 e. The second kappa shape index (κ2) is 7.81. The maximum atomic E-state index is 15.2. The molecule has 1 aromatic carbocycles. The lowest BCUT2D eigenvalue weighted by Crippen LogP contribution is -2.35. The standard InChI is InChI=1S/C25H26F2N4O/c1-15-13-30-14-18(12-22(27)24(30)28-15)17-10-16-8-9-31(25(32)23(16)21(26)11-17)20-6-4-19(5-7-20)29(2)3/h8-14,19-20H,4-7H2,1-3H3/t19-,20-. The highest BCUT2D eigenvalue weighted by Crippen LogP contribution is 2.31. The Morgan fingerprint density at radius 1 is 1.00 bits per heavy atom. The maximum Gasteiger partial charge on any atom is 0.261 e. The van der Waals surface area contributed by atoms with Crippen LogP contribution in [-0.4, -0.2) is 39.0 Å². The van der Waals surface area contributed by atoms with E-state index in [9.17, 15) is 9.18 Å². The van der Waals surface area contributed by atoms with E-state index in [0.29, 0.717) is 28.2 Å². The molecule has 0 radical (unpaired) electrons. The fraction of sp³-hybridized carbons (Fsp3) is 0.360. The van der Waals surface area contributed by atoms with Gasteiger partial charge < -0.3 is 13.9 Å². The fourth-order valence-corrected chi connectivity index (χ4v) is 4.99. The fourth-order valence-electron chi connectivity index (χ4n) is 4.99. The van der Waals surface area contributed by atoms with Gasteiger partial charge in [0.05, 0.1) is 11.1 Å². The molecule has 4 aromatic rings. The van der Waals surface area contributed by atoms with Crippen LogP contribution in [-0.2, 0) is 0 Å². The number of pyridine rings is 2. The summed E-state index contributed by atoms with van der Waals surface area (Å²) in [6.07, 6.45) is 9.07. The Morgan fingerprint density at radius 2 is 1.72 bits per heavy atom. The van der Waals surface area contributed by atoms with Crippen molar-refractivity contribution in [3.05, 3.63) is 70.5 Å². The SMILES string of the molecule is Cc1cn2cc(-c3cc(F)c4c(=O)n([C@H]5CC[C@H](N(C)C)CC5)ccc4c3)cc(F)c2n1. The molecule has 0 amide bonds. The molecule has 0 bridgehead atoms. The minimum absolute atomic E-state index is 0.0863. The predicted molar refractivity (Wildman–Crippen MR) is 122 cm³/mol. The predicted octanol–water partition coefficient (Wildman–Crippen LogP) is 4.95. The van der Waals surface area contributed by atoms with Gasteiger partial charge in [-0.2, -0.15) is 0 Å². The summed E-state index contributed by atoms with van der Waals surface area (Å²) in [4.78, 5) is 19.6. The number of fused-ring (bicyclic) bond motifs is 2. The molecule has 1 saturated carbocycles. The van der Waals surface area contributed by atoms with Gasteiger partial charge in [-0.3, -0.25) is 4.79 Å². The zero-order chi connectivity index (χ0) is 22.6. The average Bonchev–Trinajstić information content (AvgIpc) is 3.14. The van der Waals surface area contributed by atoms with Crippen molar-refractivity contribution in [1.82, 2.24) is 18.9 Å². The number of aromatic nitrogens is 3. The monoisotopic (exact) mass is 436 g/mol. The molecule has 0 saturated heterocycles. The van der Waals surface area contributed by atoms with E-state index in [1.54, 1.807) is 46.6 Å². The molecule has 0 N–H and O–H groups in total. The molecule has 3 heterocycles. The van der Waals surface area contributed by atoms with E-state index in [2.05, 4.69) is 24.0 Å². The molecule has 0 aliphatic heterocycles. The number of nitrogens with zero attached hydrogens (tertiary/aromatic N) is 4. The molecule has 32 heavy (non-hydrogen) atoms. The molecule has 0 unspecified atom stereocenters. The number of aryl methyl sites for hydroxylation is 1. The Balaban J connectivity index is 1.54. The lowest BCUT2D eigenvalue weighted by atomic mass is 9.90. The third-order valence-corrected chi connectivity index (χ3v) is 6.73. The van der Waals surface area contributed by atoms with Crippen molar-refractivity contribution in [2.24, 2.45) is 0 Å². The van der Waals surface area contributed by atoms with Crippen LogP contribution in [0.3, 0.4) is 0 Å². The molecule has 7 heteroatoms. The first-order chi connectivity index (χ1) is 15.3. The van der Waals surface area contributed by atoms with Gasteiger partial charge in [-0.1, -0.05) is 0 Å². The summed E-state index contributed by atoms with van der Waals surface area (Å²) in [7, 11) is 4.16. The Hall–Kier alpha value is -3.06. The molecule has 0 atom stereocenters. The molecule has 1 aliphatic carbocycles. The first-order valence-electron chi connectivity index (χ1n) is 11.0. The van der Waals surface area contributed by atoms with E-state index < -0.39 is 11.6 Å². The summed E-state index contributed by atoms with van der Waals surface area (Å²) in [6.45, 7) is 1.79. The summed E-state index contributed by atoms with van der Waals surface area (Å²) >= 11 is 0. The highest BCUT2D eigenvalue weighted by Gasteiger charge is 2.25. The van der Waals surface area contributed by atoms with Gasteiger partial charge >= 0.3 is 0 Å². The van der Waals surface area contributed by atoms with Gasteiger partial charge in [0.2, 0.25) is 0 Å². The van der Waals surface area contributed by atoms with E-state index in [1.807, 2.05) is 0 Å². The van der Waals surface area contributed by atoms with Crippen LogP contribution in [0, 0.1) is 18.6 Å². The smallest absolute Gasteiger partial charge is 0.261 e. The van der Waals surface area contributed by atoms with Gasteiger partial charge in [0, 0.05) is 36.2 Å². The second-order valence-corrected chi connectivity index (χ2v) is 9.07. The molecule has 3 aromatic heterocycles. The van der Waals surface area contributed by atoms with Crippen LogP contribution in [0.5, 0.6) is 0 Å². The zero-order valence-corrected chi connectivity index (χ0v) is 18.5. The number of hydrogen-bond acceptors (Lipinski definition) is 3. The first-order valence-corrected chi connectivity index (χ1v) is 11.0. The Morgan fingerprint density at radius 3 is 2.44 bits per heavy atom. The van der Waals surface area contributed by atoms with E-state index in [4.69, 9.17) is 0 Å². The van der Waals surface area contributed by atoms with Crippen LogP contribution < -0.4 is 5.56 Å². The summed E-state index contributed by atoms with van der Waals surface area (Å²) in [5.41, 5.74) is 1.68. The van der Waals surface area contributed by atoms with E-state index in [1.165, 1.54) is 12.1 Å². The van der Waals surface area contributed by atoms with Crippen molar-refractivity contribution < 1.29 is 8.78 Å². The van der Waals surface area contributed by atoms with Crippen LogP contribution in [0.25, 0.3) is 27.5 Å². The van der Waals surface area contributed by atoms with Gasteiger partial charge in [-0.25, -0.2) is 13.8 Å². The van der Waals surface area contributed by atoms with E-state index >= 15 is 4.39 Å². The highest BCUT2D eigenvalue weighted by atomic mass is 19.1. The number of rotatable bonds is 3. The minimum atomic E-state index is -0.582. The largest absolute Gasteiger partial charge is 0.312 e. The van der Waals surface area contributed by atoms with Gasteiger partial charge in [-0.15, -0.1) is 0 Å². The van der Waals surface area contributed by atoms with Crippen LogP contribution in [0.1, 0.15) is 37.4 Å². The van der Waals surface area contributed by atoms with Crippen LogP contribution in [0.2, 0.25) is 0 Å². The molecule has 5 rings (SSSR count). The molecule has 0 spiro atoms. The lowest BCUT2D eigenvalue weighted by Gasteiger charge is -2.33. The maximum absolute atomic E-state index is 15.2. The van der Waals surface area contributed by atoms with Crippen molar-refractivity contribution in [1.29, 1.82) is 0 Å². The number of halogens is 2. The Labute approximate surface area is 184 Å². The van der Waals surface area contributed by atoms with Gasteiger partial charge in [0.1, 0.15) is 5.82 Å². The van der Waals surface area contributed by atoms with Crippen molar-refractivity contribution in [3.63, 3.8) is 0 Å². The lowest BCUT2D eigenvalue weighted by molar-refractivity contribution is 0.194. The molecular formula is C25H26F2N4O. The summed E-state index contributed by atoms with van der Waals surface area (Å²) in [6, 6.07) is 6.82. The third kappa shape index (κ3) is 3.50. The number of benzene rings is 1. The molecular weight excluding hydrogens is 410 g/mol. The normalized spacial score (nSPS) is 19.3. The third-order valence-electron chi connectivity index (χ3n) is 6.73. The Kier molecular flexibility index (Phi) is 5.08. The van der Waals surface area contributed by atoms with Gasteiger partial charge in [0.25, 0.3) is 5.56 Å². The topological polar surface area (TPSA) is 42.5 Å². The van der Waals surface area contributed by atoms with E-state index in [0.717, 1.165) is 25.7 Å². The van der Waals surface area contributed by atoms with Gasteiger partial charge in [-0.05, 0) is 81.9 Å². The highest BCUT2D eigenvalue weighted by molar-refractivity contribution is 5.87. The summed E-state index contributed by atoms with van der Waals surface area (Å²) in [5.74, 6) is -1.05. The zero-order valence-electron chi connectivity index (χ0n) is 18.5. The first kappa shape index (κ1) is 20.8. The van der Waals surface area contributed by atoms with Gasteiger partial charge in [0.15, 0.2) is 11.5 Å². The van der Waals surface area contributed by atoms with Crippen LogP contribution in [0.15, 0.2) is 47.7 Å². The second-order valence-electron chi connectivity index (χ2n) is 9.07. The summed E-state index contributed by atoms with van der Waals surface area (Å²) < 4.78 is 33.0. The van der Waals surface area contributed by atoms with Crippen molar-refractivity contribution >= 4 is 16.4 Å². The van der Waals surface area contributed by atoms with E-state index in [-0.39, 0.29) is 22.6 Å². The van der Waals surface area contributed by atoms with Crippen molar-refractivity contribution in [2.75, 3.05) is 14.1 Å². The average molecular weight is 437 g/mol. The molecule has 1 fully saturated rings. The van der Waals surface area contributed by atoms with Crippen LogP contribution >= 0.6 is 0 Å². The van der Waals surface area contributed by atoms with Crippen molar-refractivity contribution in [2.45, 2.75) is 44.7 Å². The molecule has 5 nitrogen and oxygen atoms in total. The summed E-state index contributed by atoms with van der Waals surface area (Å²) in [5, 5.41) is 0.608. The van der Waals surface area contributed by atoms with Crippen LogP contribution in [0.4, 0.5) is 8.78 Å². The quantitative estimate of drug-likeness (QED) is 0.457. The number of imidazole rings is 1. The number of hydrogen-bond donors (Lipinski definition) is 0.